The van der Waals surface area contributed by atoms with Crippen LogP contribution in [-0.4, -0.2) is 40.1 Å². The minimum absolute atomic E-state index is 0.390. The molecule has 3 fully saturated rings. The fourth-order valence-corrected chi connectivity index (χ4v) is 5.48. The van der Waals surface area contributed by atoms with Crippen molar-refractivity contribution in [2.75, 3.05) is 19.6 Å². The quantitative estimate of drug-likeness (QED) is 0.810. The molecule has 0 aromatic carbocycles. The van der Waals surface area contributed by atoms with Gasteiger partial charge >= 0.3 is 0 Å². The van der Waals surface area contributed by atoms with E-state index < -0.39 is 0 Å². The van der Waals surface area contributed by atoms with Crippen LogP contribution in [0.3, 0.4) is 0 Å². The molecule has 4 nitrogen and oxygen atoms in total. The third kappa shape index (κ3) is 3.42. The van der Waals surface area contributed by atoms with Crippen LogP contribution in [0.15, 0.2) is 12.4 Å². The third-order valence-corrected chi connectivity index (χ3v) is 7.11. The summed E-state index contributed by atoms with van der Waals surface area (Å²) in [5.74, 6) is 2.24. The van der Waals surface area contributed by atoms with Crippen LogP contribution in [-0.2, 0) is 4.79 Å². The van der Waals surface area contributed by atoms with Crippen molar-refractivity contribution in [3.8, 4) is 0 Å². The number of piperidine rings is 1. The number of ketones is 1. The van der Waals surface area contributed by atoms with Gasteiger partial charge in [0, 0.05) is 31.7 Å². The lowest BCUT2D eigenvalue weighted by Gasteiger charge is -2.58. The highest BCUT2D eigenvalue weighted by atomic mass is 16.1. The summed E-state index contributed by atoms with van der Waals surface area (Å²) in [4.78, 5) is 14.1. The van der Waals surface area contributed by atoms with Gasteiger partial charge in [-0.05, 0) is 68.3 Å². The van der Waals surface area contributed by atoms with Gasteiger partial charge in [-0.15, -0.1) is 0 Å². The summed E-state index contributed by atoms with van der Waals surface area (Å²) in [5.41, 5.74) is 1.92. The zero-order valence-electron chi connectivity index (χ0n) is 16.1. The Morgan fingerprint density at radius 3 is 2.48 bits per heavy atom. The zero-order valence-corrected chi connectivity index (χ0v) is 16.1. The Morgan fingerprint density at radius 2 is 1.92 bits per heavy atom. The lowest BCUT2D eigenvalue weighted by atomic mass is 9.47. The average molecular weight is 344 g/mol. The minimum atomic E-state index is 0.390. The number of hydrogen-bond acceptors (Lipinski definition) is 3. The first-order valence-corrected chi connectivity index (χ1v) is 10.2. The van der Waals surface area contributed by atoms with Crippen molar-refractivity contribution in [2.24, 2.45) is 17.3 Å². The Hall–Kier alpha value is -1.16. The minimum Gasteiger partial charge on any atom is -0.303 e. The van der Waals surface area contributed by atoms with Gasteiger partial charge < -0.3 is 4.90 Å². The van der Waals surface area contributed by atoms with Crippen LogP contribution >= 0.6 is 0 Å². The van der Waals surface area contributed by atoms with Crippen LogP contribution in [0.1, 0.15) is 76.8 Å². The average Bonchev–Trinajstić information content (AvgIpc) is 2.98. The molecule has 1 aromatic heterocycles. The molecule has 0 atom stereocenters. The van der Waals surface area contributed by atoms with Crippen LogP contribution in [0.5, 0.6) is 0 Å². The number of nitrogens with zero attached hydrogens (tertiary/aromatic N) is 3. The summed E-state index contributed by atoms with van der Waals surface area (Å²) >= 11 is 0. The molecule has 1 saturated heterocycles. The van der Waals surface area contributed by atoms with E-state index in [1.54, 1.807) is 6.92 Å². The SMILES string of the molecule is CC(=O)C1CC2(CC(CN3CCC(n4cc(C(C)C)cn4)CC3)C2)C1. The number of carbonyl (C=O) groups excluding carboxylic acids is 1. The Balaban J connectivity index is 1.19. The number of carbonyl (C=O) groups is 1. The van der Waals surface area contributed by atoms with Gasteiger partial charge in [-0.25, -0.2) is 0 Å². The summed E-state index contributed by atoms with van der Waals surface area (Å²) < 4.78 is 2.21. The van der Waals surface area contributed by atoms with Crippen LogP contribution in [0, 0.1) is 17.3 Å². The molecule has 3 aliphatic rings. The van der Waals surface area contributed by atoms with E-state index in [0.29, 0.717) is 29.1 Å². The highest BCUT2D eigenvalue weighted by molar-refractivity contribution is 5.79. The van der Waals surface area contributed by atoms with Crippen molar-refractivity contribution in [1.82, 2.24) is 14.7 Å². The molecule has 2 aliphatic carbocycles. The zero-order chi connectivity index (χ0) is 17.6. The normalized spacial score (nSPS) is 33.4. The number of hydrogen-bond donors (Lipinski definition) is 0. The third-order valence-electron chi connectivity index (χ3n) is 7.11. The molecule has 2 heterocycles. The van der Waals surface area contributed by atoms with Crippen molar-refractivity contribution in [3.05, 3.63) is 18.0 Å². The summed E-state index contributed by atoms with van der Waals surface area (Å²) in [6.45, 7) is 9.92. The number of Topliss-reactive ketones (excluding diaryl/α,β-unsaturated/α-hetero) is 1. The van der Waals surface area contributed by atoms with Crippen molar-refractivity contribution < 1.29 is 4.79 Å². The first kappa shape index (κ1) is 17.3. The maximum absolute atomic E-state index is 11.4. The molecule has 0 amide bonds. The van der Waals surface area contributed by atoms with Crippen LogP contribution < -0.4 is 0 Å². The molecule has 0 radical (unpaired) electrons. The van der Waals surface area contributed by atoms with Crippen molar-refractivity contribution >= 4 is 5.78 Å². The van der Waals surface area contributed by atoms with E-state index in [1.807, 2.05) is 6.20 Å². The van der Waals surface area contributed by atoms with Crippen molar-refractivity contribution in [3.63, 3.8) is 0 Å². The summed E-state index contributed by atoms with van der Waals surface area (Å²) in [6, 6.07) is 0.583. The smallest absolute Gasteiger partial charge is 0.132 e. The van der Waals surface area contributed by atoms with Crippen LogP contribution in [0.4, 0.5) is 0 Å². The van der Waals surface area contributed by atoms with E-state index in [9.17, 15) is 4.79 Å². The molecule has 138 valence electrons. The van der Waals surface area contributed by atoms with Gasteiger partial charge in [0.05, 0.1) is 12.2 Å². The lowest BCUT2D eigenvalue weighted by Crippen LogP contribution is -2.52. The summed E-state index contributed by atoms with van der Waals surface area (Å²) in [7, 11) is 0. The number of aromatic nitrogens is 2. The van der Waals surface area contributed by atoms with E-state index in [2.05, 4.69) is 34.7 Å². The van der Waals surface area contributed by atoms with E-state index in [4.69, 9.17) is 0 Å². The highest BCUT2D eigenvalue weighted by Crippen LogP contribution is 2.61. The Bertz CT molecular complexity index is 613. The van der Waals surface area contributed by atoms with Gasteiger partial charge in [0.1, 0.15) is 5.78 Å². The number of rotatable bonds is 5. The van der Waals surface area contributed by atoms with Crippen molar-refractivity contribution in [1.29, 1.82) is 0 Å². The molecule has 1 spiro atoms. The van der Waals surface area contributed by atoms with Crippen LogP contribution in [0.2, 0.25) is 0 Å². The molecule has 2 saturated carbocycles. The first-order chi connectivity index (χ1) is 11.9. The van der Waals surface area contributed by atoms with E-state index in [0.717, 1.165) is 5.92 Å². The Morgan fingerprint density at radius 1 is 1.24 bits per heavy atom. The van der Waals surface area contributed by atoms with Crippen LogP contribution in [0.25, 0.3) is 0 Å². The highest BCUT2D eigenvalue weighted by Gasteiger charge is 2.53. The molecule has 25 heavy (non-hydrogen) atoms. The first-order valence-electron chi connectivity index (χ1n) is 10.2. The second-order valence-corrected chi connectivity index (χ2v) is 9.43. The molecular formula is C21H33N3O. The fraction of sp³-hybridized carbons (Fsp3) is 0.810. The topological polar surface area (TPSA) is 38.1 Å². The van der Waals surface area contributed by atoms with Gasteiger partial charge in [-0.2, -0.15) is 5.10 Å². The molecular weight excluding hydrogens is 310 g/mol. The monoisotopic (exact) mass is 343 g/mol. The van der Waals surface area contributed by atoms with Crippen molar-refractivity contribution in [2.45, 2.75) is 71.3 Å². The standard InChI is InChI=1S/C21H33N3O/c1-15(2)19-12-22-24(14-19)20-4-6-23(7-5-20)13-17-8-21(9-17)10-18(11-21)16(3)25/h12,14-15,17-18,20H,4-11,13H2,1-3H3. The predicted molar refractivity (Wildman–Crippen MR) is 99.6 cm³/mol. The Labute approximate surface area is 152 Å². The lowest BCUT2D eigenvalue weighted by molar-refractivity contribution is -0.137. The van der Waals surface area contributed by atoms with Gasteiger partial charge in [-0.3, -0.25) is 9.48 Å². The molecule has 0 unspecified atom stereocenters. The largest absolute Gasteiger partial charge is 0.303 e. The molecule has 1 aromatic rings. The van der Waals surface area contributed by atoms with E-state index in [-0.39, 0.29) is 0 Å². The molecule has 0 N–H and O–H groups in total. The van der Waals surface area contributed by atoms with E-state index >= 15 is 0 Å². The molecule has 4 heteroatoms. The maximum Gasteiger partial charge on any atom is 0.132 e. The van der Waals surface area contributed by atoms with Gasteiger partial charge in [-0.1, -0.05) is 13.8 Å². The Kier molecular flexibility index (Phi) is 4.51. The second-order valence-electron chi connectivity index (χ2n) is 9.43. The predicted octanol–water partition coefficient (Wildman–Crippen LogP) is 4.04. The number of likely N-dealkylation sites (tertiary alicyclic amines) is 1. The fourth-order valence-electron chi connectivity index (χ4n) is 5.48. The van der Waals surface area contributed by atoms with Gasteiger partial charge in [0.2, 0.25) is 0 Å². The second kappa shape index (κ2) is 6.53. The molecule has 4 rings (SSSR count). The molecule has 1 aliphatic heterocycles. The molecule has 0 bridgehead atoms. The maximum atomic E-state index is 11.4. The van der Waals surface area contributed by atoms with Gasteiger partial charge in [0.15, 0.2) is 0 Å². The van der Waals surface area contributed by atoms with Gasteiger partial charge in [0.25, 0.3) is 0 Å². The van der Waals surface area contributed by atoms with E-state index in [1.165, 1.54) is 63.7 Å². The summed E-state index contributed by atoms with van der Waals surface area (Å²) in [5, 5.41) is 4.60. The summed E-state index contributed by atoms with van der Waals surface area (Å²) in [6.07, 6.45) is 11.8.